The van der Waals surface area contributed by atoms with Gasteiger partial charge in [-0.05, 0) is 13.8 Å². The predicted octanol–water partition coefficient (Wildman–Crippen LogP) is -2.68. The standard InChI is InChI=1S/C10H16.2Li/c1-9(2)7-5-6-8-10(3)4;;/h8H,1,5-6H2,2-4H3;;/q-2;2*+1. The fourth-order valence-corrected chi connectivity index (χ4v) is 0.646. The van der Waals surface area contributed by atoms with Gasteiger partial charge >= 0.3 is 37.7 Å². The number of unbranched alkanes of at least 4 members (excludes halogenated alkanes) is 1. The van der Waals surface area contributed by atoms with E-state index in [-0.39, 0.29) is 37.7 Å². The van der Waals surface area contributed by atoms with Crippen molar-refractivity contribution in [2.45, 2.75) is 33.6 Å². The molecule has 0 amide bonds. The first-order chi connectivity index (χ1) is 4.63. The maximum atomic E-state index is 3.74. The van der Waals surface area contributed by atoms with Gasteiger partial charge in [0.1, 0.15) is 0 Å². The molecular formula is C10H16Li2. The van der Waals surface area contributed by atoms with Gasteiger partial charge in [-0.1, -0.05) is 18.1 Å². The summed E-state index contributed by atoms with van der Waals surface area (Å²) in [5.74, 6) is 0. The summed E-state index contributed by atoms with van der Waals surface area (Å²) < 4.78 is 0. The third-order valence-corrected chi connectivity index (χ3v) is 1.12. The van der Waals surface area contributed by atoms with Gasteiger partial charge < -0.3 is 18.6 Å². The van der Waals surface area contributed by atoms with E-state index in [9.17, 15) is 0 Å². The van der Waals surface area contributed by atoms with Gasteiger partial charge in [-0.25, -0.2) is 0 Å². The quantitative estimate of drug-likeness (QED) is 0.178. The van der Waals surface area contributed by atoms with Gasteiger partial charge in [0.05, 0.1) is 0 Å². The van der Waals surface area contributed by atoms with Gasteiger partial charge in [0.2, 0.25) is 0 Å². The minimum absolute atomic E-state index is 0. The number of rotatable bonds is 3. The maximum Gasteiger partial charge on any atom is 1.00 e. The molecule has 0 nitrogen and oxygen atoms in total. The average Bonchev–Trinajstić information content (AvgIpc) is 1.79. The third-order valence-electron chi connectivity index (χ3n) is 1.12. The van der Waals surface area contributed by atoms with E-state index in [4.69, 9.17) is 0 Å². The van der Waals surface area contributed by atoms with Crippen molar-refractivity contribution in [1.29, 1.82) is 0 Å². The number of hydrogen-bond acceptors (Lipinski definition) is 0. The van der Waals surface area contributed by atoms with Crippen LogP contribution in [0.1, 0.15) is 33.6 Å². The van der Waals surface area contributed by atoms with Gasteiger partial charge in [-0.3, -0.25) is 0 Å². The SMILES string of the molecule is [CH2-]C(C)=[C-]CCC=C(C)C.[Li+].[Li+]. The second kappa shape index (κ2) is 11.5. The zero-order valence-electron chi connectivity index (χ0n) is 9.20. The Morgan fingerprint density at radius 1 is 1.25 bits per heavy atom. The summed E-state index contributed by atoms with van der Waals surface area (Å²) >= 11 is 0. The van der Waals surface area contributed by atoms with Crippen LogP contribution in [-0.2, 0) is 0 Å². The molecule has 0 bridgehead atoms. The van der Waals surface area contributed by atoms with Gasteiger partial charge in [0, 0.05) is 0 Å². The molecule has 0 heterocycles. The van der Waals surface area contributed by atoms with Crippen molar-refractivity contribution >= 4 is 0 Å². The van der Waals surface area contributed by atoms with Crippen molar-refractivity contribution in [3.8, 4) is 0 Å². The Labute approximate surface area is 101 Å². The molecule has 12 heavy (non-hydrogen) atoms. The minimum Gasteiger partial charge on any atom is -0.528 e. The summed E-state index contributed by atoms with van der Waals surface area (Å²) in [7, 11) is 0. The van der Waals surface area contributed by atoms with Gasteiger partial charge in [0.25, 0.3) is 0 Å². The first-order valence-electron chi connectivity index (χ1n) is 3.65. The molecule has 0 aliphatic carbocycles. The fraction of sp³-hybridized carbons (Fsp3) is 0.500. The van der Waals surface area contributed by atoms with Crippen molar-refractivity contribution in [3.05, 3.63) is 30.2 Å². The van der Waals surface area contributed by atoms with Crippen LogP contribution in [0.25, 0.3) is 0 Å². The monoisotopic (exact) mass is 150 g/mol. The van der Waals surface area contributed by atoms with Crippen molar-refractivity contribution in [3.63, 3.8) is 0 Å². The molecule has 0 fully saturated rings. The van der Waals surface area contributed by atoms with E-state index < -0.39 is 0 Å². The molecule has 0 aromatic carbocycles. The Morgan fingerprint density at radius 2 is 1.75 bits per heavy atom. The van der Waals surface area contributed by atoms with Gasteiger partial charge in [-0.2, -0.15) is 6.42 Å². The Morgan fingerprint density at radius 3 is 2.08 bits per heavy atom. The Bertz CT molecular complexity index is 120. The van der Waals surface area contributed by atoms with E-state index in [0.717, 1.165) is 18.4 Å². The van der Waals surface area contributed by atoms with Crippen LogP contribution in [0, 0.1) is 13.0 Å². The number of allylic oxidation sites excluding steroid dienone is 4. The van der Waals surface area contributed by atoms with Crippen molar-refractivity contribution in [2.24, 2.45) is 0 Å². The van der Waals surface area contributed by atoms with Crippen molar-refractivity contribution in [1.82, 2.24) is 0 Å². The second-order valence-corrected chi connectivity index (χ2v) is 2.78. The van der Waals surface area contributed by atoms with Crippen LogP contribution in [0.2, 0.25) is 0 Å². The molecule has 0 saturated heterocycles. The maximum absolute atomic E-state index is 3.74. The molecule has 0 aromatic rings. The zero-order valence-corrected chi connectivity index (χ0v) is 9.20. The van der Waals surface area contributed by atoms with Crippen LogP contribution in [0.5, 0.6) is 0 Å². The molecule has 0 N–H and O–H groups in total. The first-order valence-corrected chi connectivity index (χ1v) is 3.65. The van der Waals surface area contributed by atoms with Crippen LogP contribution in [0.4, 0.5) is 0 Å². The molecule has 2 heteroatoms. The minimum atomic E-state index is 0. The van der Waals surface area contributed by atoms with E-state index in [1.165, 1.54) is 5.57 Å². The van der Waals surface area contributed by atoms with E-state index >= 15 is 0 Å². The topological polar surface area (TPSA) is 0 Å². The summed E-state index contributed by atoms with van der Waals surface area (Å²) in [6, 6.07) is 0. The summed E-state index contributed by atoms with van der Waals surface area (Å²) in [4.78, 5) is 0. The predicted molar refractivity (Wildman–Crippen MR) is 46.5 cm³/mol. The van der Waals surface area contributed by atoms with Crippen molar-refractivity contribution < 1.29 is 37.7 Å². The molecular weight excluding hydrogens is 134 g/mol. The first kappa shape index (κ1) is 18.4. The van der Waals surface area contributed by atoms with E-state index in [0.29, 0.717) is 0 Å². The molecule has 0 rings (SSSR count). The van der Waals surface area contributed by atoms with Crippen molar-refractivity contribution in [2.75, 3.05) is 0 Å². The molecule has 0 aliphatic rings. The van der Waals surface area contributed by atoms with Gasteiger partial charge in [0.15, 0.2) is 0 Å². The van der Waals surface area contributed by atoms with Crippen LogP contribution in [0.3, 0.4) is 0 Å². The molecule has 0 aromatic heterocycles. The third kappa shape index (κ3) is 16.9. The average molecular weight is 150 g/mol. The fourth-order valence-electron chi connectivity index (χ4n) is 0.646. The summed E-state index contributed by atoms with van der Waals surface area (Å²) in [5, 5.41) is 0. The molecule has 0 unspecified atom stereocenters. The van der Waals surface area contributed by atoms with E-state index in [2.05, 4.69) is 32.9 Å². The summed E-state index contributed by atoms with van der Waals surface area (Å²) in [5.41, 5.74) is 2.42. The molecule has 0 aliphatic heterocycles. The van der Waals surface area contributed by atoms with Gasteiger partial charge in [-0.15, -0.1) is 6.92 Å². The van der Waals surface area contributed by atoms with E-state index in [1.807, 2.05) is 6.92 Å². The molecule has 58 valence electrons. The van der Waals surface area contributed by atoms with Crippen LogP contribution in [-0.4, -0.2) is 0 Å². The normalized spacial score (nSPS) is 9.42. The number of hydrogen-bond donors (Lipinski definition) is 0. The Kier molecular flexibility index (Phi) is 17.7. The molecule has 0 radical (unpaired) electrons. The molecule has 0 atom stereocenters. The zero-order chi connectivity index (χ0) is 7.98. The van der Waals surface area contributed by atoms with E-state index in [1.54, 1.807) is 0 Å². The van der Waals surface area contributed by atoms with Crippen LogP contribution >= 0.6 is 0 Å². The summed E-state index contributed by atoms with van der Waals surface area (Å²) in [6.45, 7) is 9.94. The molecule has 0 saturated carbocycles. The molecule has 0 spiro atoms. The largest absolute Gasteiger partial charge is 1.00 e. The van der Waals surface area contributed by atoms with Crippen LogP contribution in [0.15, 0.2) is 17.2 Å². The Balaban J connectivity index is -0.000000405. The Hall–Kier alpha value is 0.545. The smallest absolute Gasteiger partial charge is 0.528 e. The van der Waals surface area contributed by atoms with Crippen LogP contribution < -0.4 is 37.7 Å². The summed E-state index contributed by atoms with van der Waals surface area (Å²) in [6.07, 6.45) is 7.47. The second-order valence-electron chi connectivity index (χ2n) is 2.78.